The Kier molecular flexibility index (Phi) is 4.98. The Morgan fingerprint density at radius 3 is 2.46 bits per heavy atom. The van der Waals surface area contributed by atoms with Crippen molar-refractivity contribution in [2.24, 2.45) is 0 Å². The van der Waals surface area contributed by atoms with E-state index in [1.165, 1.54) is 0 Å². The highest BCUT2D eigenvalue weighted by Gasteiger charge is 2.09. The number of hydrogen-bond donors (Lipinski definition) is 3. The minimum Gasteiger partial charge on any atom is -0.507 e. The predicted molar refractivity (Wildman–Crippen MR) is 104 cm³/mol. The van der Waals surface area contributed by atoms with Crippen LogP contribution in [0, 0.1) is 20.8 Å². The maximum absolute atomic E-state index is 12.2. The molecule has 0 fully saturated rings. The Morgan fingerprint density at radius 1 is 0.962 bits per heavy atom. The molecule has 5 nitrogen and oxygen atoms in total. The van der Waals surface area contributed by atoms with Gasteiger partial charge < -0.3 is 20.5 Å². The second-order valence-electron chi connectivity index (χ2n) is 6.25. The molecule has 2 amide bonds. The lowest BCUT2D eigenvalue weighted by atomic mass is 10.1. The number of nitrogens with one attached hydrogen (secondary N) is 2. The normalized spacial score (nSPS) is 10.6. The summed E-state index contributed by atoms with van der Waals surface area (Å²) in [7, 11) is 0. The van der Waals surface area contributed by atoms with E-state index in [9.17, 15) is 9.90 Å². The summed E-state index contributed by atoms with van der Waals surface area (Å²) in [5.41, 5.74) is 3.86. The van der Waals surface area contributed by atoms with Gasteiger partial charge in [0.25, 0.3) is 0 Å². The van der Waals surface area contributed by atoms with Crippen molar-refractivity contribution in [2.75, 3.05) is 12.0 Å². The lowest BCUT2D eigenvalue weighted by Gasteiger charge is -2.15. The van der Waals surface area contributed by atoms with Crippen LogP contribution >= 0.6 is 0 Å². The Morgan fingerprint density at radius 2 is 1.65 bits per heavy atom. The number of hydrogen-bond acceptors (Lipinski definition) is 3. The zero-order chi connectivity index (χ0) is 18.7. The van der Waals surface area contributed by atoms with Crippen molar-refractivity contribution < 1.29 is 14.6 Å². The van der Waals surface area contributed by atoms with Gasteiger partial charge in [-0.2, -0.15) is 0 Å². The van der Waals surface area contributed by atoms with Gasteiger partial charge in [-0.25, -0.2) is 4.79 Å². The van der Waals surface area contributed by atoms with Crippen LogP contribution < -0.4 is 15.4 Å². The van der Waals surface area contributed by atoms with Crippen molar-refractivity contribution in [1.82, 2.24) is 5.32 Å². The van der Waals surface area contributed by atoms with Crippen molar-refractivity contribution in [1.29, 1.82) is 0 Å². The van der Waals surface area contributed by atoms with E-state index in [0.717, 1.165) is 27.8 Å². The average Bonchev–Trinajstić information content (AvgIpc) is 2.62. The lowest BCUT2D eigenvalue weighted by molar-refractivity contribution is 0.234. The quantitative estimate of drug-likeness (QED) is 0.601. The van der Waals surface area contributed by atoms with E-state index in [1.807, 2.05) is 39.0 Å². The molecule has 0 aliphatic rings. The molecule has 134 valence electrons. The summed E-state index contributed by atoms with van der Waals surface area (Å²) < 4.78 is 5.75. The van der Waals surface area contributed by atoms with Crippen LogP contribution in [-0.2, 0) is 0 Å². The number of rotatable bonds is 4. The minimum atomic E-state index is -0.371. The maximum atomic E-state index is 12.2. The average molecular weight is 350 g/mol. The van der Waals surface area contributed by atoms with Gasteiger partial charge in [-0.15, -0.1) is 0 Å². The molecular weight excluding hydrogens is 328 g/mol. The summed E-state index contributed by atoms with van der Waals surface area (Å²) in [5, 5.41) is 16.9. The number of ether oxygens (including phenoxy) is 1. The van der Waals surface area contributed by atoms with E-state index < -0.39 is 0 Å². The first-order chi connectivity index (χ1) is 12.5. The molecule has 3 rings (SSSR count). The summed E-state index contributed by atoms with van der Waals surface area (Å²) in [6.45, 7) is 6.06. The Labute approximate surface area is 152 Å². The van der Waals surface area contributed by atoms with Crippen LogP contribution in [0.1, 0.15) is 16.7 Å². The third-order valence-electron chi connectivity index (χ3n) is 4.47. The third-order valence-corrected chi connectivity index (χ3v) is 4.47. The number of benzene rings is 3. The fourth-order valence-corrected chi connectivity index (χ4v) is 2.89. The van der Waals surface area contributed by atoms with Gasteiger partial charge in [0.15, 0.2) is 6.73 Å². The fourth-order valence-electron chi connectivity index (χ4n) is 2.89. The minimum absolute atomic E-state index is 0.0625. The molecule has 0 saturated heterocycles. The molecule has 0 aromatic heterocycles. The highest BCUT2D eigenvalue weighted by atomic mass is 16.5. The summed E-state index contributed by atoms with van der Waals surface area (Å²) in [6.07, 6.45) is 0. The predicted octanol–water partition coefficient (Wildman–Crippen LogP) is 4.63. The lowest BCUT2D eigenvalue weighted by Crippen LogP contribution is -2.32. The van der Waals surface area contributed by atoms with Gasteiger partial charge in [0.2, 0.25) is 0 Å². The number of carbonyl (C=O) groups excluding carboxylic acids is 1. The Hall–Kier alpha value is -3.21. The van der Waals surface area contributed by atoms with Gasteiger partial charge in [0.1, 0.15) is 11.5 Å². The molecule has 0 aliphatic heterocycles. The van der Waals surface area contributed by atoms with Crippen LogP contribution in [0.25, 0.3) is 10.8 Å². The smallest absolute Gasteiger partial charge is 0.321 e. The Balaban J connectivity index is 1.66. The first kappa shape index (κ1) is 17.6. The van der Waals surface area contributed by atoms with Crippen LogP contribution in [0.15, 0.2) is 48.5 Å². The van der Waals surface area contributed by atoms with Crippen LogP contribution in [0.3, 0.4) is 0 Å². The largest absolute Gasteiger partial charge is 0.507 e. The number of aromatic hydroxyl groups is 1. The molecule has 26 heavy (non-hydrogen) atoms. The van der Waals surface area contributed by atoms with Crippen molar-refractivity contribution in [3.05, 3.63) is 65.2 Å². The zero-order valence-corrected chi connectivity index (χ0v) is 15.1. The van der Waals surface area contributed by atoms with E-state index >= 15 is 0 Å². The van der Waals surface area contributed by atoms with E-state index in [2.05, 4.69) is 10.6 Å². The second-order valence-corrected chi connectivity index (χ2v) is 6.25. The molecule has 0 heterocycles. The summed E-state index contributed by atoms with van der Waals surface area (Å²) in [4.78, 5) is 12.2. The van der Waals surface area contributed by atoms with E-state index in [-0.39, 0.29) is 18.5 Å². The highest BCUT2D eigenvalue weighted by molar-refractivity contribution is 6.03. The number of amides is 2. The molecule has 0 unspecified atom stereocenters. The first-order valence-corrected chi connectivity index (χ1v) is 8.42. The SMILES string of the molecule is Cc1ccc(C)c(OCNC(=O)Nc2cccc3c(O)cccc23)c1C. The van der Waals surface area contributed by atoms with Crippen molar-refractivity contribution >= 4 is 22.5 Å². The third kappa shape index (κ3) is 3.57. The summed E-state index contributed by atoms with van der Waals surface area (Å²) in [6, 6.07) is 14.3. The van der Waals surface area contributed by atoms with Gasteiger partial charge in [-0.1, -0.05) is 36.4 Å². The molecule has 3 N–H and O–H groups in total. The fraction of sp³-hybridized carbons (Fsp3) is 0.190. The molecular formula is C21H22N2O3. The Bertz CT molecular complexity index is 967. The van der Waals surface area contributed by atoms with Gasteiger partial charge in [0, 0.05) is 10.8 Å². The van der Waals surface area contributed by atoms with E-state index in [4.69, 9.17) is 4.74 Å². The van der Waals surface area contributed by atoms with Crippen molar-refractivity contribution in [2.45, 2.75) is 20.8 Å². The number of anilines is 1. The number of carbonyl (C=O) groups is 1. The van der Waals surface area contributed by atoms with Gasteiger partial charge >= 0.3 is 6.03 Å². The number of aryl methyl sites for hydroxylation is 2. The molecule has 3 aromatic carbocycles. The molecule has 0 aliphatic carbocycles. The standard InChI is InChI=1S/C21H22N2O3/c1-13-10-11-14(2)20(15(13)3)26-12-22-21(25)23-18-8-4-7-17-16(18)6-5-9-19(17)24/h4-11,24H,12H2,1-3H3,(H2,22,23,25). The van der Waals surface area contributed by atoms with Gasteiger partial charge in [-0.05, 0) is 49.6 Å². The number of fused-ring (bicyclic) bond motifs is 1. The molecule has 3 aromatic rings. The molecule has 0 radical (unpaired) electrons. The van der Waals surface area contributed by atoms with Gasteiger partial charge in [-0.3, -0.25) is 0 Å². The molecule has 0 spiro atoms. The highest BCUT2D eigenvalue weighted by Crippen LogP contribution is 2.29. The van der Waals surface area contributed by atoms with E-state index in [0.29, 0.717) is 11.1 Å². The summed E-state index contributed by atoms with van der Waals surface area (Å²) >= 11 is 0. The van der Waals surface area contributed by atoms with Crippen molar-refractivity contribution in [3.63, 3.8) is 0 Å². The number of phenols is 1. The molecule has 0 saturated carbocycles. The van der Waals surface area contributed by atoms with Crippen LogP contribution in [-0.4, -0.2) is 17.9 Å². The molecule has 5 heteroatoms. The van der Waals surface area contributed by atoms with Crippen LogP contribution in [0.2, 0.25) is 0 Å². The van der Waals surface area contributed by atoms with Crippen LogP contribution in [0.4, 0.5) is 10.5 Å². The maximum Gasteiger partial charge on any atom is 0.321 e. The first-order valence-electron chi connectivity index (χ1n) is 8.42. The molecule has 0 atom stereocenters. The number of phenolic OH excluding ortho intramolecular Hbond substituents is 1. The van der Waals surface area contributed by atoms with Crippen LogP contribution in [0.5, 0.6) is 11.5 Å². The van der Waals surface area contributed by atoms with E-state index in [1.54, 1.807) is 30.3 Å². The monoisotopic (exact) mass is 350 g/mol. The number of urea groups is 1. The zero-order valence-electron chi connectivity index (χ0n) is 15.1. The summed E-state index contributed by atoms with van der Waals surface area (Å²) in [5.74, 6) is 0.973. The second kappa shape index (κ2) is 7.35. The van der Waals surface area contributed by atoms with Gasteiger partial charge in [0.05, 0.1) is 5.69 Å². The molecule has 0 bridgehead atoms. The van der Waals surface area contributed by atoms with Crippen molar-refractivity contribution in [3.8, 4) is 11.5 Å². The topological polar surface area (TPSA) is 70.6 Å².